The summed E-state index contributed by atoms with van der Waals surface area (Å²) in [6.45, 7) is 4.79. The fraction of sp³-hybridized carbons (Fsp3) is 0.500. The minimum absolute atomic E-state index is 0. The molecule has 0 unspecified atom stereocenters. The zero-order valence-corrected chi connectivity index (χ0v) is 8.26. The summed E-state index contributed by atoms with van der Waals surface area (Å²) in [7, 11) is 0. The monoisotopic (exact) mass is 179 g/mol. The van der Waals surface area contributed by atoms with Crippen LogP contribution in [0, 0.1) is 0 Å². The molecule has 0 saturated heterocycles. The summed E-state index contributed by atoms with van der Waals surface area (Å²) in [5.41, 5.74) is 1.30. The van der Waals surface area contributed by atoms with E-state index >= 15 is 0 Å². The highest BCUT2D eigenvalue weighted by Crippen LogP contribution is 2.06. The first-order valence-electron chi connectivity index (χ1n) is 5.15. The molecule has 0 amide bonds. The number of hydrogen-bond donors (Lipinski definition) is 1. The average Bonchev–Trinajstić information content (AvgIpc) is 2.19. The summed E-state index contributed by atoms with van der Waals surface area (Å²) >= 11 is 0. The van der Waals surface area contributed by atoms with Crippen LogP contribution in [0.2, 0.25) is 0 Å². The fourth-order valence-electron chi connectivity index (χ4n) is 1.39. The first kappa shape index (κ1) is 10.1. The Balaban J connectivity index is 0.00000169. The molecular formula is C12H21N. The molecule has 0 aliphatic heterocycles. The zero-order chi connectivity index (χ0) is 9.36. The van der Waals surface area contributed by atoms with Crippen molar-refractivity contribution in [1.82, 2.24) is 5.32 Å². The van der Waals surface area contributed by atoms with E-state index in [9.17, 15) is 0 Å². The van der Waals surface area contributed by atoms with Crippen molar-refractivity contribution >= 4 is 0 Å². The van der Waals surface area contributed by atoms with Crippen LogP contribution in [0.25, 0.3) is 0 Å². The second-order valence-corrected chi connectivity index (χ2v) is 3.35. The summed E-state index contributed by atoms with van der Waals surface area (Å²) in [6.07, 6.45) is 14.7. The third kappa shape index (κ3) is 4.56. The topological polar surface area (TPSA) is 12.0 Å². The van der Waals surface area contributed by atoms with Gasteiger partial charge in [-0.15, -0.1) is 6.58 Å². The molecule has 0 saturated carbocycles. The second-order valence-electron chi connectivity index (χ2n) is 3.35. The molecule has 1 heteroatoms. The molecule has 13 heavy (non-hydrogen) atoms. The quantitative estimate of drug-likeness (QED) is 0.486. The number of rotatable bonds is 6. The Morgan fingerprint density at radius 3 is 3.08 bits per heavy atom. The Hall–Kier alpha value is -0.980. The Morgan fingerprint density at radius 1 is 1.46 bits per heavy atom. The molecule has 0 atom stereocenters. The van der Waals surface area contributed by atoms with Gasteiger partial charge in [-0.3, -0.25) is 0 Å². The predicted molar refractivity (Wildman–Crippen MR) is 60.6 cm³/mol. The average molecular weight is 179 g/mol. The van der Waals surface area contributed by atoms with Crippen molar-refractivity contribution in [2.24, 2.45) is 0 Å². The molecule has 1 N–H and O–H groups in total. The van der Waals surface area contributed by atoms with E-state index in [1.165, 1.54) is 31.4 Å². The maximum atomic E-state index is 3.71. The van der Waals surface area contributed by atoms with Crippen LogP contribution in [0.1, 0.15) is 33.5 Å². The van der Waals surface area contributed by atoms with E-state index < -0.39 is 0 Å². The van der Waals surface area contributed by atoms with E-state index in [-0.39, 0.29) is 1.43 Å². The number of unbranched alkanes of at least 4 members (excludes halogenated alkanes) is 2. The highest BCUT2D eigenvalue weighted by Gasteiger charge is 1.94. The summed E-state index contributed by atoms with van der Waals surface area (Å²) < 4.78 is 0. The van der Waals surface area contributed by atoms with Gasteiger partial charge in [-0.05, 0) is 38.2 Å². The van der Waals surface area contributed by atoms with E-state index in [0.717, 1.165) is 13.0 Å². The van der Waals surface area contributed by atoms with E-state index in [4.69, 9.17) is 0 Å². The van der Waals surface area contributed by atoms with Gasteiger partial charge in [0.1, 0.15) is 0 Å². The van der Waals surface area contributed by atoms with Crippen molar-refractivity contribution in [1.29, 1.82) is 0 Å². The highest BCUT2D eigenvalue weighted by molar-refractivity contribution is 5.20. The summed E-state index contributed by atoms with van der Waals surface area (Å²) in [6, 6.07) is 0. The van der Waals surface area contributed by atoms with Crippen LogP contribution in [0.5, 0.6) is 0 Å². The Kier molecular flexibility index (Phi) is 5.07. The smallest absolute Gasteiger partial charge is 0.0296 e. The Labute approximate surface area is 82.7 Å². The largest absolute Gasteiger partial charge is 0.385 e. The summed E-state index contributed by atoms with van der Waals surface area (Å²) in [5.74, 6) is 0. The van der Waals surface area contributed by atoms with Crippen molar-refractivity contribution in [3.63, 3.8) is 0 Å². The fourth-order valence-corrected chi connectivity index (χ4v) is 1.39. The van der Waals surface area contributed by atoms with E-state index in [1.54, 1.807) is 0 Å². The Morgan fingerprint density at radius 2 is 2.38 bits per heavy atom. The van der Waals surface area contributed by atoms with Crippen LogP contribution >= 0.6 is 0 Å². The maximum absolute atomic E-state index is 3.71. The van der Waals surface area contributed by atoms with Gasteiger partial charge in [-0.25, -0.2) is 0 Å². The molecule has 0 aromatic carbocycles. The molecule has 74 valence electrons. The lowest BCUT2D eigenvalue weighted by Gasteiger charge is -2.09. The zero-order valence-electron chi connectivity index (χ0n) is 8.26. The molecule has 1 rings (SSSR count). The van der Waals surface area contributed by atoms with E-state index in [1.807, 2.05) is 6.08 Å². The van der Waals surface area contributed by atoms with Crippen LogP contribution in [0.4, 0.5) is 0 Å². The number of nitrogens with one attached hydrogen (secondary N) is 1. The lowest BCUT2D eigenvalue weighted by atomic mass is 10.1. The van der Waals surface area contributed by atoms with Gasteiger partial charge in [0.15, 0.2) is 0 Å². The van der Waals surface area contributed by atoms with Gasteiger partial charge in [0.25, 0.3) is 0 Å². The van der Waals surface area contributed by atoms with E-state index in [0.29, 0.717) is 0 Å². The van der Waals surface area contributed by atoms with Crippen molar-refractivity contribution in [2.75, 3.05) is 6.54 Å². The van der Waals surface area contributed by atoms with Gasteiger partial charge in [-0.1, -0.05) is 18.2 Å². The molecule has 0 bridgehead atoms. The van der Waals surface area contributed by atoms with Crippen LogP contribution < -0.4 is 5.32 Å². The van der Waals surface area contributed by atoms with Gasteiger partial charge in [0, 0.05) is 13.7 Å². The van der Waals surface area contributed by atoms with Crippen molar-refractivity contribution in [3.05, 3.63) is 36.6 Å². The molecule has 1 nitrogen and oxygen atoms in total. The van der Waals surface area contributed by atoms with E-state index in [2.05, 4.69) is 30.1 Å². The van der Waals surface area contributed by atoms with Gasteiger partial charge < -0.3 is 5.32 Å². The predicted octanol–water partition coefficient (Wildman–Crippen LogP) is 3.41. The minimum atomic E-state index is 0. The summed E-state index contributed by atoms with van der Waals surface area (Å²) in [5, 5.41) is 3.42. The third-order valence-corrected chi connectivity index (χ3v) is 2.16. The molecule has 0 aromatic rings. The lowest BCUT2D eigenvalue weighted by Crippen LogP contribution is -2.14. The Bertz CT molecular complexity index is 206. The molecule has 1 aliphatic carbocycles. The SMILES string of the molecule is C=CCCCCNC1=CCCC=C1.[HH]. The van der Waals surface area contributed by atoms with Gasteiger partial charge in [0.2, 0.25) is 0 Å². The number of allylic oxidation sites excluding steroid dienone is 4. The molecule has 0 heterocycles. The van der Waals surface area contributed by atoms with Crippen LogP contribution in [-0.4, -0.2) is 6.54 Å². The summed E-state index contributed by atoms with van der Waals surface area (Å²) in [4.78, 5) is 0. The molecular weight excluding hydrogens is 158 g/mol. The van der Waals surface area contributed by atoms with Crippen LogP contribution in [0.3, 0.4) is 0 Å². The van der Waals surface area contributed by atoms with Crippen LogP contribution in [0.15, 0.2) is 36.6 Å². The second kappa shape index (κ2) is 6.53. The molecule has 0 spiro atoms. The van der Waals surface area contributed by atoms with Gasteiger partial charge >= 0.3 is 0 Å². The minimum Gasteiger partial charge on any atom is -0.385 e. The number of hydrogen-bond acceptors (Lipinski definition) is 1. The molecule has 1 aliphatic rings. The first-order chi connectivity index (χ1) is 6.43. The molecule has 0 radical (unpaired) electrons. The van der Waals surface area contributed by atoms with Gasteiger partial charge in [0.05, 0.1) is 0 Å². The van der Waals surface area contributed by atoms with Crippen LogP contribution in [-0.2, 0) is 0 Å². The van der Waals surface area contributed by atoms with Crippen molar-refractivity contribution in [2.45, 2.75) is 32.1 Å². The normalized spacial score (nSPS) is 15.2. The van der Waals surface area contributed by atoms with Crippen molar-refractivity contribution in [3.8, 4) is 0 Å². The standard InChI is InChI=1S/C12H19N.H2/c1-2-3-4-8-11-13-12-9-6-5-7-10-12;/h2,6,9-10,13H,1,3-5,7-8,11H2;1H. The molecule has 0 fully saturated rings. The first-order valence-corrected chi connectivity index (χ1v) is 5.15. The maximum Gasteiger partial charge on any atom is 0.0296 e. The van der Waals surface area contributed by atoms with Crippen molar-refractivity contribution < 1.29 is 1.43 Å². The van der Waals surface area contributed by atoms with Gasteiger partial charge in [-0.2, -0.15) is 0 Å². The third-order valence-electron chi connectivity index (χ3n) is 2.16. The lowest BCUT2D eigenvalue weighted by molar-refractivity contribution is 0.688. The molecule has 0 aromatic heterocycles. The highest BCUT2D eigenvalue weighted by atomic mass is 14.9.